The third-order valence-electron chi connectivity index (χ3n) is 1.11. The van der Waals surface area contributed by atoms with Crippen molar-refractivity contribution in [3.05, 3.63) is 0 Å². The molecule has 70 valence electrons. The van der Waals surface area contributed by atoms with Gasteiger partial charge in [0, 0.05) is 5.60 Å². The Morgan fingerprint density at radius 2 is 1.73 bits per heavy atom. The van der Waals surface area contributed by atoms with E-state index in [2.05, 4.69) is 33.0 Å². The molecule has 0 aliphatic carbocycles. The van der Waals surface area contributed by atoms with E-state index in [0.29, 0.717) is 0 Å². The van der Waals surface area contributed by atoms with Gasteiger partial charge in [0.15, 0.2) is 0 Å². The van der Waals surface area contributed by atoms with Gasteiger partial charge in [-0.25, -0.2) is 0 Å². The first kappa shape index (κ1) is 13.7. The predicted octanol–water partition coefficient (Wildman–Crippen LogP) is 0.698. The van der Waals surface area contributed by atoms with Crippen molar-refractivity contribution >= 4 is 10.5 Å². The van der Waals surface area contributed by atoms with Gasteiger partial charge in [-0.2, -0.15) is 0 Å². The van der Waals surface area contributed by atoms with Gasteiger partial charge in [0.05, 0.1) is 0 Å². The average Bonchev–Trinajstić information content (AvgIpc) is 1.90. The molecule has 0 rings (SSSR count). The van der Waals surface area contributed by atoms with E-state index in [-0.39, 0.29) is 5.60 Å². The lowest BCUT2D eigenvalue weighted by Crippen LogP contribution is -2.16. The third kappa shape index (κ3) is 25.4. The van der Waals surface area contributed by atoms with Gasteiger partial charge in [-0.05, 0) is 40.8 Å². The SMILES string of the molecule is CC(C)(C)O[SiH3].CCCNC. The highest BCUT2D eigenvalue weighted by Gasteiger charge is 2.03. The molecule has 0 aromatic heterocycles. The van der Waals surface area contributed by atoms with Crippen molar-refractivity contribution in [2.75, 3.05) is 13.6 Å². The topological polar surface area (TPSA) is 21.3 Å². The molecule has 0 aromatic carbocycles. The average molecular weight is 177 g/mol. The van der Waals surface area contributed by atoms with E-state index >= 15 is 0 Å². The van der Waals surface area contributed by atoms with Gasteiger partial charge in [0.25, 0.3) is 0 Å². The van der Waals surface area contributed by atoms with Gasteiger partial charge >= 0.3 is 0 Å². The Morgan fingerprint density at radius 1 is 1.36 bits per heavy atom. The molecule has 0 saturated heterocycles. The molecule has 2 nitrogen and oxygen atoms in total. The van der Waals surface area contributed by atoms with Gasteiger partial charge in [-0.3, -0.25) is 0 Å². The Morgan fingerprint density at radius 3 is 1.73 bits per heavy atom. The molecule has 0 bridgehead atoms. The molecule has 1 N–H and O–H groups in total. The second-order valence-corrected chi connectivity index (χ2v) is 3.83. The van der Waals surface area contributed by atoms with Crippen LogP contribution in [0.5, 0.6) is 0 Å². The molecule has 0 saturated carbocycles. The van der Waals surface area contributed by atoms with Crippen molar-refractivity contribution in [1.29, 1.82) is 0 Å². The van der Waals surface area contributed by atoms with E-state index in [0.717, 1.165) is 17.0 Å². The van der Waals surface area contributed by atoms with Crippen molar-refractivity contribution in [3.8, 4) is 0 Å². The maximum Gasteiger partial charge on any atom is 0.146 e. The Bertz CT molecular complexity index is 69.0. The minimum atomic E-state index is 0.103. The lowest BCUT2D eigenvalue weighted by Gasteiger charge is -2.15. The fourth-order valence-corrected chi connectivity index (χ4v) is 0.250. The van der Waals surface area contributed by atoms with Crippen molar-refractivity contribution in [2.24, 2.45) is 0 Å². The maximum atomic E-state index is 5.08. The Balaban J connectivity index is 0. The van der Waals surface area contributed by atoms with Crippen LogP contribution >= 0.6 is 0 Å². The van der Waals surface area contributed by atoms with E-state index in [1.165, 1.54) is 6.42 Å². The highest BCUT2D eigenvalue weighted by Crippen LogP contribution is 2.01. The summed E-state index contributed by atoms with van der Waals surface area (Å²) in [6.45, 7) is 9.45. The highest BCUT2D eigenvalue weighted by atomic mass is 28.2. The van der Waals surface area contributed by atoms with Crippen LogP contribution in [0.2, 0.25) is 0 Å². The standard InChI is InChI=1S/C4H11N.C4H12OSi/c1-3-4-5-2;1-4(2,3)5-6/h5H,3-4H2,1-2H3;1-3,6H3. The van der Waals surface area contributed by atoms with E-state index in [1.54, 1.807) is 0 Å². The number of nitrogens with one attached hydrogen (secondary N) is 1. The summed E-state index contributed by atoms with van der Waals surface area (Å²) in [5.74, 6) is 0. The highest BCUT2D eigenvalue weighted by molar-refractivity contribution is 5.98. The number of hydrogen-bond donors (Lipinski definition) is 1. The van der Waals surface area contributed by atoms with Gasteiger partial charge in [0.1, 0.15) is 10.5 Å². The zero-order chi connectivity index (χ0) is 9.33. The van der Waals surface area contributed by atoms with Gasteiger partial charge in [-0.15, -0.1) is 0 Å². The van der Waals surface area contributed by atoms with Crippen LogP contribution < -0.4 is 5.32 Å². The summed E-state index contributed by atoms with van der Waals surface area (Å²) in [7, 11) is 2.81. The van der Waals surface area contributed by atoms with Crippen LogP contribution in [0.3, 0.4) is 0 Å². The van der Waals surface area contributed by atoms with E-state index in [4.69, 9.17) is 4.43 Å². The van der Waals surface area contributed by atoms with Crippen LogP contribution in [0.15, 0.2) is 0 Å². The van der Waals surface area contributed by atoms with Gasteiger partial charge in [-0.1, -0.05) is 6.92 Å². The molecule has 3 heteroatoms. The maximum absolute atomic E-state index is 5.08. The predicted molar refractivity (Wildman–Crippen MR) is 55.0 cm³/mol. The molecular weight excluding hydrogens is 154 g/mol. The second kappa shape index (κ2) is 8.24. The molecule has 0 aliphatic heterocycles. The van der Waals surface area contributed by atoms with Crippen LogP contribution in [0.25, 0.3) is 0 Å². The summed E-state index contributed by atoms with van der Waals surface area (Å²) in [5, 5.41) is 3.02. The molecule has 0 aliphatic rings. The van der Waals surface area contributed by atoms with Crippen LogP contribution in [0.1, 0.15) is 34.1 Å². The molecule has 0 amide bonds. The summed E-state index contributed by atoms with van der Waals surface area (Å²) in [4.78, 5) is 0. The largest absolute Gasteiger partial charge is 0.423 e. The summed E-state index contributed by atoms with van der Waals surface area (Å²) >= 11 is 0. The number of rotatable bonds is 2. The molecular formula is C8H23NOSi. The molecule has 0 spiro atoms. The first-order chi connectivity index (χ1) is 4.97. The van der Waals surface area contributed by atoms with Crippen LogP contribution in [0, 0.1) is 0 Å². The normalized spacial score (nSPS) is 10.6. The summed E-state index contributed by atoms with van der Waals surface area (Å²) < 4.78 is 5.08. The van der Waals surface area contributed by atoms with Gasteiger partial charge in [0.2, 0.25) is 0 Å². The smallest absolute Gasteiger partial charge is 0.146 e. The molecule has 0 fully saturated rings. The first-order valence-corrected chi connectivity index (χ1v) is 4.99. The van der Waals surface area contributed by atoms with Crippen LogP contribution in [0.4, 0.5) is 0 Å². The summed E-state index contributed by atoms with van der Waals surface area (Å²) in [6.07, 6.45) is 1.23. The second-order valence-electron chi connectivity index (χ2n) is 3.42. The summed E-state index contributed by atoms with van der Waals surface area (Å²) in [6, 6.07) is 0. The lowest BCUT2D eigenvalue weighted by atomic mass is 10.2. The first-order valence-electron chi connectivity index (χ1n) is 4.17. The Kier molecular flexibility index (Phi) is 10.3. The van der Waals surface area contributed by atoms with E-state index in [9.17, 15) is 0 Å². The Hall–Kier alpha value is 0.137. The van der Waals surface area contributed by atoms with Crippen molar-refractivity contribution < 1.29 is 4.43 Å². The molecule has 0 radical (unpaired) electrons. The van der Waals surface area contributed by atoms with E-state index < -0.39 is 0 Å². The zero-order valence-electron chi connectivity index (χ0n) is 8.82. The Labute approximate surface area is 74.3 Å². The van der Waals surface area contributed by atoms with Crippen molar-refractivity contribution in [1.82, 2.24) is 5.32 Å². The van der Waals surface area contributed by atoms with Crippen LogP contribution in [-0.2, 0) is 4.43 Å². The zero-order valence-corrected chi connectivity index (χ0v) is 10.8. The van der Waals surface area contributed by atoms with Crippen molar-refractivity contribution in [3.63, 3.8) is 0 Å². The molecule has 0 unspecified atom stereocenters. The quantitative estimate of drug-likeness (QED) is 0.627. The fourth-order valence-electron chi connectivity index (χ4n) is 0.250. The summed E-state index contributed by atoms with van der Waals surface area (Å²) in [5.41, 5.74) is 0.103. The minimum absolute atomic E-state index is 0.103. The molecule has 0 heterocycles. The van der Waals surface area contributed by atoms with Gasteiger partial charge < -0.3 is 9.74 Å². The fraction of sp³-hybridized carbons (Fsp3) is 1.00. The van der Waals surface area contributed by atoms with Crippen LogP contribution in [-0.4, -0.2) is 29.7 Å². The minimum Gasteiger partial charge on any atom is -0.423 e. The molecule has 0 atom stereocenters. The molecule has 11 heavy (non-hydrogen) atoms. The molecule has 0 aromatic rings. The van der Waals surface area contributed by atoms with Crippen molar-refractivity contribution in [2.45, 2.75) is 39.7 Å². The van der Waals surface area contributed by atoms with E-state index in [1.807, 2.05) is 7.05 Å². The lowest BCUT2D eigenvalue weighted by molar-refractivity contribution is 0.147. The number of hydrogen-bond acceptors (Lipinski definition) is 2. The monoisotopic (exact) mass is 177 g/mol. The third-order valence-corrected chi connectivity index (χ3v) is 2.34.